The molecular weight excluding hydrogens is 207 g/mol. The second kappa shape index (κ2) is 5.30. The zero-order valence-electron chi connectivity index (χ0n) is 10.2. The van der Waals surface area contributed by atoms with E-state index < -0.39 is 11.9 Å². The number of aliphatic hydroxyl groups excluding tert-OH is 1. The van der Waals surface area contributed by atoms with Gasteiger partial charge in [0.2, 0.25) is 0 Å². The van der Waals surface area contributed by atoms with Crippen LogP contribution in [-0.2, 0) is 0 Å². The lowest BCUT2D eigenvalue weighted by Crippen LogP contribution is -2.15. The van der Waals surface area contributed by atoms with E-state index in [0.29, 0.717) is 11.5 Å². The van der Waals surface area contributed by atoms with Crippen molar-refractivity contribution in [1.82, 2.24) is 0 Å². The van der Waals surface area contributed by atoms with Crippen LogP contribution in [0, 0.1) is 17.7 Å². The maximum absolute atomic E-state index is 13.4. The molecule has 2 unspecified atom stereocenters. The van der Waals surface area contributed by atoms with Gasteiger partial charge in [0, 0.05) is 0 Å². The second-order valence-corrected chi connectivity index (χ2v) is 4.44. The van der Waals surface area contributed by atoms with Crippen molar-refractivity contribution in [3.8, 4) is 5.75 Å². The van der Waals surface area contributed by atoms with Crippen LogP contribution in [0.2, 0.25) is 0 Å². The molecule has 1 N–H and O–H groups in total. The molecule has 0 spiro atoms. The number of benzene rings is 1. The number of rotatable bonds is 4. The summed E-state index contributed by atoms with van der Waals surface area (Å²) in [7, 11) is 1.42. The van der Waals surface area contributed by atoms with Crippen molar-refractivity contribution in [3.63, 3.8) is 0 Å². The first kappa shape index (κ1) is 13.0. The molecule has 0 heterocycles. The van der Waals surface area contributed by atoms with Gasteiger partial charge in [-0.25, -0.2) is 4.39 Å². The van der Waals surface area contributed by atoms with Gasteiger partial charge in [-0.05, 0) is 29.5 Å². The summed E-state index contributed by atoms with van der Waals surface area (Å²) >= 11 is 0. The molecule has 1 aromatic carbocycles. The number of aliphatic hydroxyl groups is 1. The molecule has 3 heteroatoms. The van der Waals surface area contributed by atoms with Crippen molar-refractivity contribution in [2.75, 3.05) is 7.11 Å². The Balaban J connectivity index is 2.92. The maximum Gasteiger partial charge on any atom is 0.165 e. The molecular formula is C13H19FO2. The van der Waals surface area contributed by atoms with Crippen LogP contribution in [0.25, 0.3) is 0 Å². The van der Waals surface area contributed by atoms with Crippen LogP contribution in [-0.4, -0.2) is 12.2 Å². The predicted molar refractivity (Wildman–Crippen MR) is 61.9 cm³/mol. The molecule has 0 saturated carbocycles. The normalized spacial score (nSPS) is 14.9. The first-order valence-electron chi connectivity index (χ1n) is 5.48. The molecule has 0 aliphatic heterocycles. The fourth-order valence-electron chi connectivity index (χ4n) is 1.53. The quantitative estimate of drug-likeness (QED) is 0.854. The highest BCUT2D eigenvalue weighted by Gasteiger charge is 2.20. The fraction of sp³-hybridized carbons (Fsp3) is 0.538. The van der Waals surface area contributed by atoms with Gasteiger partial charge in [0.25, 0.3) is 0 Å². The molecule has 16 heavy (non-hydrogen) atoms. The SMILES string of the molecule is COc1ccc(C(O)C(C)C(C)C)cc1F. The fourth-order valence-corrected chi connectivity index (χ4v) is 1.53. The van der Waals surface area contributed by atoms with Gasteiger partial charge < -0.3 is 9.84 Å². The highest BCUT2D eigenvalue weighted by Crippen LogP contribution is 2.29. The summed E-state index contributed by atoms with van der Waals surface area (Å²) in [4.78, 5) is 0. The minimum absolute atomic E-state index is 0.0906. The Morgan fingerprint density at radius 3 is 2.31 bits per heavy atom. The molecule has 2 nitrogen and oxygen atoms in total. The molecule has 0 bridgehead atoms. The Kier molecular flexibility index (Phi) is 4.30. The monoisotopic (exact) mass is 226 g/mol. The van der Waals surface area contributed by atoms with Crippen molar-refractivity contribution in [2.45, 2.75) is 26.9 Å². The van der Waals surface area contributed by atoms with Gasteiger partial charge in [0.15, 0.2) is 11.6 Å². The van der Waals surface area contributed by atoms with Crippen LogP contribution in [0.15, 0.2) is 18.2 Å². The van der Waals surface area contributed by atoms with Crippen molar-refractivity contribution >= 4 is 0 Å². The van der Waals surface area contributed by atoms with E-state index in [9.17, 15) is 9.50 Å². The van der Waals surface area contributed by atoms with Crippen molar-refractivity contribution < 1.29 is 14.2 Å². The first-order valence-corrected chi connectivity index (χ1v) is 5.48. The molecule has 0 amide bonds. The summed E-state index contributed by atoms with van der Waals surface area (Å²) in [6.07, 6.45) is -0.639. The van der Waals surface area contributed by atoms with Gasteiger partial charge in [-0.1, -0.05) is 26.8 Å². The molecule has 90 valence electrons. The Bertz CT molecular complexity index is 350. The summed E-state index contributed by atoms with van der Waals surface area (Å²) in [5, 5.41) is 10.0. The Hall–Kier alpha value is -1.09. The van der Waals surface area contributed by atoms with Crippen LogP contribution in [0.4, 0.5) is 4.39 Å². The van der Waals surface area contributed by atoms with Crippen molar-refractivity contribution in [1.29, 1.82) is 0 Å². The van der Waals surface area contributed by atoms with Crippen LogP contribution < -0.4 is 4.74 Å². The largest absolute Gasteiger partial charge is 0.494 e. The highest BCUT2D eigenvalue weighted by atomic mass is 19.1. The third-order valence-corrected chi connectivity index (χ3v) is 3.07. The van der Waals surface area contributed by atoms with E-state index in [4.69, 9.17) is 4.74 Å². The van der Waals surface area contributed by atoms with E-state index in [1.165, 1.54) is 13.2 Å². The lowest BCUT2D eigenvalue weighted by Gasteiger charge is -2.22. The molecule has 1 aromatic rings. The summed E-state index contributed by atoms with van der Waals surface area (Å²) in [6, 6.07) is 4.58. The first-order chi connectivity index (χ1) is 7.47. The Morgan fingerprint density at radius 1 is 1.25 bits per heavy atom. The lowest BCUT2D eigenvalue weighted by molar-refractivity contribution is 0.0917. The summed E-state index contributed by atoms with van der Waals surface area (Å²) in [6.45, 7) is 6.03. The molecule has 0 aliphatic carbocycles. The maximum atomic E-state index is 13.4. The van der Waals surface area contributed by atoms with Gasteiger partial charge in [-0.15, -0.1) is 0 Å². The predicted octanol–water partition coefficient (Wildman–Crippen LogP) is 3.16. The third-order valence-electron chi connectivity index (χ3n) is 3.07. The molecule has 0 fully saturated rings. The average molecular weight is 226 g/mol. The minimum atomic E-state index is -0.639. The van der Waals surface area contributed by atoms with Crippen molar-refractivity contribution in [2.24, 2.45) is 11.8 Å². The molecule has 1 rings (SSSR count). The molecule has 0 aliphatic rings. The van der Waals surface area contributed by atoms with Crippen LogP contribution in [0.1, 0.15) is 32.4 Å². The van der Waals surface area contributed by atoms with E-state index in [2.05, 4.69) is 0 Å². The highest BCUT2D eigenvalue weighted by molar-refractivity contribution is 5.30. The van der Waals surface area contributed by atoms with Crippen LogP contribution >= 0.6 is 0 Å². The van der Waals surface area contributed by atoms with Crippen LogP contribution in [0.3, 0.4) is 0 Å². The topological polar surface area (TPSA) is 29.5 Å². The second-order valence-electron chi connectivity index (χ2n) is 4.44. The number of hydrogen-bond donors (Lipinski definition) is 1. The smallest absolute Gasteiger partial charge is 0.165 e. The van der Waals surface area contributed by atoms with E-state index in [0.717, 1.165) is 0 Å². The van der Waals surface area contributed by atoms with E-state index in [1.54, 1.807) is 12.1 Å². The number of hydrogen-bond acceptors (Lipinski definition) is 2. The number of methoxy groups -OCH3 is 1. The summed E-state index contributed by atoms with van der Waals surface area (Å²) in [5.41, 5.74) is 0.597. The summed E-state index contributed by atoms with van der Waals surface area (Å²) < 4.78 is 18.3. The Labute approximate surface area is 96.1 Å². The lowest BCUT2D eigenvalue weighted by atomic mass is 9.88. The van der Waals surface area contributed by atoms with E-state index in [1.807, 2.05) is 20.8 Å². The molecule has 0 saturated heterocycles. The van der Waals surface area contributed by atoms with E-state index in [-0.39, 0.29) is 11.7 Å². The minimum Gasteiger partial charge on any atom is -0.494 e. The van der Waals surface area contributed by atoms with Gasteiger partial charge in [0.05, 0.1) is 13.2 Å². The van der Waals surface area contributed by atoms with Gasteiger partial charge in [0.1, 0.15) is 0 Å². The average Bonchev–Trinajstić information content (AvgIpc) is 2.26. The van der Waals surface area contributed by atoms with Gasteiger partial charge >= 0.3 is 0 Å². The third kappa shape index (κ3) is 2.73. The Morgan fingerprint density at radius 2 is 1.88 bits per heavy atom. The molecule has 2 atom stereocenters. The summed E-state index contributed by atoms with van der Waals surface area (Å²) in [5.74, 6) is 0.205. The number of halogens is 1. The molecule has 0 radical (unpaired) electrons. The van der Waals surface area contributed by atoms with Crippen molar-refractivity contribution in [3.05, 3.63) is 29.6 Å². The van der Waals surface area contributed by atoms with Gasteiger partial charge in [-0.3, -0.25) is 0 Å². The molecule has 0 aromatic heterocycles. The van der Waals surface area contributed by atoms with Gasteiger partial charge in [-0.2, -0.15) is 0 Å². The standard InChI is InChI=1S/C13H19FO2/c1-8(2)9(3)13(15)10-5-6-12(16-4)11(14)7-10/h5-9,13,15H,1-4H3. The van der Waals surface area contributed by atoms with E-state index >= 15 is 0 Å². The zero-order chi connectivity index (χ0) is 12.3. The number of ether oxygens (including phenoxy) is 1. The zero-order valence-corrected chi connectivity index (χ0v) is 10.2. The van der Waals surface area contributed by atoms with Crippen LogP contribution in [0.5, 0.6) is 5.75 Å².